The molecule has 3 rings (SSSR count). The Morgan fingerprint density at radius 2 is 1.75 bits per heavy atom. The van der Waals surface area contributed by atoms with Crippen molar-refractivity contribution >= 4 is 55.8 Å². The Labute approximate surface area is 206 Å². The van der Waals surface area contributed by atoms with Gasteiger partial charge in [-0.1, -0.05) is 41.9 Å². The zero-order chi connectivity index (χ0) is 23.1. The molecule has 0 heterocycles. The van der Waals surface area contributed by atoms with E-state index in [-0.39, 0.29) is 16.3 Å². The van der Waals surface area contributed by atoms with Crippen LogP contribution in [-0.4, -0.2) is 27.0 Å². The molecule has 1 amide bonds. The van der Waals surface area contributed by atoms with Gasteiger partial charge in [-0.25, -0.2) is 8.42 Å². The Hall–Kier alpha value is -2.14. The quantitative estimate of drug-likeness (QED) is 0.352. The van der Waals surface area contributed by atoms with Crippen molar-refractivity contribution in [1.29, 1.82) is 0 Å². The van der Waals surface area contributed by atoms with Crippen LogP contribution in [0, 0.1) is 3.57 Å². The predicted octanol–water partition coefficient (Wildman–Crippen LogP) is 4.87. The maximum Gasteiger partial charge on any atom is 0.242 e. The zero-order valence-corrected chi connectivity index (χ0v) is 20.9. The van der Waals surface area contributed by atoms with E-state index in [1.54, 1.807) is 12.1 Å². The summed E-state index contributed by atoms with van der Waals surface area (Å²) in [5.41, 5.74) is 1.40. The lowest BCUT2D eigenvalue weighted by Gasteiger charge is -2.19. The van der Waals surface area contributed by atoms with Crippen molar-refractivity contribution < 1.29 is 17.9 Å². The minimum atomic E-state index is -4.03. The summed E-state index contributed by atoms with van der Waals surface area (Å²) < 4.78 is 35.0. The first kappa shape index (κ1) is 24.5. The van der Waals surface area contributed by atoms with Gasteiger partial charge in [0.1, 0.15) is 11.8 Å². The van der Waals surface area contributed by atoms with Gasteiger partial charge in [-0.2, -0.15) is 4.72 Å². The molecule has 3 aromatic carbocycles. The fourth-order valence-electron chi connectivity index (χ4n) is 2.98. The van der Waals surface area contributed by atoms with Crippen LogP contribution < -0.4 is 14.8 Å². The number of ether oxygens (including phenoxy) is 1. The van der Waals surface area contributed by atoms with E-state index in [0.717, 1.165) is 9.13 Å². The highest BCUT2D eigenvalue weighted by Gasteiger charge is 2.27. The van der Waals surface area contributed by atoms with Crippen LogP contribution in [0.1, 0.15) is 12.5 Å². The van der Waals surface area contributed by atoms with Crippen LogP contribution in [0.5, 0.6) is 5.75 Å². The Morgan fingerprint density at radius 1 is 1.06 bits per heavy atom. The third-order valence-electron chi connectivity index (χ3n) is 4.52. The van der Waals surface area contributed by atoms with Crippen LogP contribution in [0.25, 0.3) is 0 Å². The largest absolute Gasteiger partial charge is 0.492 e. The van der Waals surface area contributed by atoms with Crippen molar-refractivity contribution in [1.82, 2.24) is 4.72 Å². The minimum absolute atomic E-state index is 0.0499. The molecule has 0 fully saturated rings. The number of carbonyl (C=O) groups is 1. The van der Waals surface area contributed by atoms with Gasteiger partial charge in [0.15, 0.2) is 0 Å². The number of hydrogen-bond donors (Lipinski definition) is 2. The normalized spacial score (nSPS) is 12.2. The molecule has 6 nitrogen and oxygen atoms in total. The fourth-order valence-corrected chi connectivity index (χ4v) is 4.86. The molecular formula is C23H22ClIN2O4S. The van der Waals surface area contributed by atoms with Crippen LogP contribution in [0.3, 0.4) is 0 Å². The van der Waals surface area contributed by atoms with Crippen molar-refractivity contribution in [2.75, 3.05) is 11.9 Å². The van der Waals surface area contributed by atoms with Crippen molar-refractivity contribution in [3.05, 3.63) is 87.0 Å². The van der Waals surface area contributed by atoms with Crippen molar-refractivity contribution in [2.45, 2.75) is 24.3 Å². The molecule has 2 N–H and O–H groups in total. The summed E-state index contributed by atoms with van der Waals surface area (Å²) in [5.74, 6) is -0.0684. The number of hydrogen-bond acceptors (Lipinski definition) is 4. The van der Waals surface area contributed by atoms with E-state index in [1.807, 2.05) is 49.4 Å². The highest BCUT2D eigenvalue weighted by molar-refractivity contribution is 14.1. The summed E-state index contributed by atoms with van der Waals surface area (Å²) in [7, 11) is -4.03. The van der Waals surface area contributed by atoms with Crippen molar-refractivity contribution in [2.24, 2.45) is 0 Å². The second-order valence-electron chi connectivity index (χ2n) is 6.88. The lowest BCUT2D eigenvalue weighted by atomic mass is 10.1. The highest BCUT2D eigenvalue weighted by Crippen LogP contribution is 2.27. The fraction of sp³-hybridized carbons (Fsp3) is 0.174. The number of sulfonamides is 1. The van der Waals surface area contributed by atoms with Gasteiger partial charge >= 0.3 is 0 Å². The lowest BCUT2D eigenvalue weighted by molar-refractivity contribution is -0.117. The average molecular weight is 585 g/mol. The van der Waals surface area contributed by atoms with E-state index < -0.39 is 22.0 Å². The Bertz CT molecular complexity index is 1170. The number of benzene rings is 3. The monoisotopic (exact) mass is 584 g/mol. The van der Waals surface area contributed by atoms with Crippen LogP contribution in [0.4, 0.5) is 5.69 Å². The lowest BCUT2D eigenvalue weighted by Crippen LogP contribution is -2.45. The molecule has 0 aromatic heterocycles. The number of carbonyl (C=O) groups excluding carboxylic acids is 1. The minimum Gasteiger partial charge on any atom is -0.492 e. The molecular weight excluding hydrogens is 563 g/mol. The predicted molar refractivity (Wildman–Crippen MR) is 135 cm³/mol. The van der Waals surface area contributed by atoms with Gasteiger partial charge in [-0.05, 0) is 84.0 Å². The van der Waals surface area contributed by atoms with E-state index in [0.29, 0.717) is 18.0 Å². The summed E-state index contributed by atoms with van der Waals surface area (Å²) in [6.07, 6.45) is 0.182. The van der Waals surface area contributed by atoms with Gasteiger partial charge in [0, 0.05) is 9.26 Å². The molecule has 0 unspecified atom stereocenters. The van der Waals surface area contributed by atoms with Crippen molar-refractivity contribution in [3.8, 4) is 5.75 Å². The average Bonchev–Trinajstić information content (AvgIpc) is 2.77. The summed E-state index contributed by atoms with van der Waals surface area (Å²) in [6.45, 7) is 2.21. The number of rotatable bonds is 9. The molecule has 168 valence electrons. The standard InChI is InChI=1S/C23H22ClIN2O4S/c1-2-31-22-13-12-19(15-20(22)24)32(29,30)27-21(14-16-6-4-3-5-7-16)23(28)26-18-10-8-17(25)9-11-18/h3-13,15,21,27H,2,14H2,1H3,(H,26,28)/t21-/m1/s1. The summed E-state index contributed by atoms with van der Waals surface area (Å²) >= 11 is 8.33. The zero-order valence-electron chi connectivity index (χ0n) is 17.2. The number of nitrogens with one attached hydrogen (secondary N) is 2. The third-order valence-corrected chi connectivity index (χ3v) is 7.01. The summed E-state index contributed by atoms with van der Waals surface area (Å²) in [6, 6.07) is 19.6. The van der Waals surface area contributed by atoms with Crippen LogP contribution in [0.2, 0.25) is 5.02 Å². The molecule has 0 aliphatic rings. The van der Waals surface area contributed by atoms with Gasteiger partial charge in [0.2, 0.25) is 15.9 Å². The van der Waals surface area contributed by atoms with E-state index in [2.05, 4.69) is 32.6 Å². The molecule has 1 atom stereocenters. The molecule has 32 heavy (non-hydrogen) atoms. The Kier molecular flexibility index (Phi) is 8.52. The summed E-state index contributed by atoms with van der Waals surface area (Å²) in [5, 5.41) is 2.96. The number of halogens is 2. The van der Waals surface area contributed by atoms with Gasteiger partial charge in [-0.3, -0.25) is 4.79 Å². The van der Waals surface area contributed by atoms with Crippen molar-refractivity contribution in [3.63, 3.8) is 0 Å². The highest BCUT2D eigenvalue weighted by atomic mass is 127. The molecule has 9 heteroatoms. The van der Waals surface area contributed by atoms with Crippen LogP contribution in [0.15, 0.2) is 77.7 Å². The van der Waals surface area contributed by atoms with Crippen LogP contribution in [-0.2, 0) is 21.2 Å². The van der Waals surface area contributed by atoms with E-state index >= 15 is 0 Å². The Morgan fingerprint density at radius 3 is 2.38 bits per heavy atom. The maximum absolute atomic E-state index is 13.1. The maximum atomic E-state index is 13.1. The SMILES string of the molecule is CCOc1ccc(S(=O)(=O)N[C@H](Cc2ccccc2)C(=O)Nc2ccc(I)cc2)cc1Cl. The number of amides is 1. The molecule has 0 saturated carbocycles. The van der Waals surface area contributed by atoms with E-state index in [1.165, 1.54) is 18.2 Å². The first-order valence-corrected chi connectivity index (χ1v) is 12.8. The number of anilines is 1. The second-order valence-corrected chi connectivity index (χ2v) is 10.3. The summed E-state index contributed by atoms with van der Waals surface area (Å²) in [4.78, 5) is 13.0. The Balaban J connectivity index is 1.86. The molecule has 0 bridgehead atoms. The van der Waals surface area contributed by atoms with E-state index in [9.17, 15) is 13.2 Å². The topological polar surface area (TPSA) is 84.5 Å². The molecule has 0 aliphatic carbocycles. The first-order valence-electron chi connectivity index (χ1n) is 9.83. The first-order chi connectivity index (χ1) is 15.3. The van der Waals surface area contributed by atoms with Gasteiger partial charge in [-0.15, -0.1) is 0 Å². The molecule has 0 radical (unpaired) electrons. The molecule has 3 aromatic rings. The van der Waals surface area contributed by atoms with Gasteiger partial charge in [0.05, 0.1) is 16.5 Å². The second kappa shape index (κ2) is 11.1. The smallest absolute Gasteiger partial charge is 0.242 e. The molecule has 0 aliphatic heterocycles. The van der Waals surface area contributed by atoms with Crippen LogP contribution >= 0.6 is 34.2 Å². The van der Waals surface area contributed by atoms with Gasteiger partial charge < -0.3 is 10.1 Å². The molecule has 0 spiro atoms. The third kappa shape index (κ3) is 6.68. The van der Waals surface area contributed by atoms with E-state index in [4.69, 9.17) is 16.3 Å². The van der Waals surface area contributed by atoms with Gasteiger partial charge in [0.25, 0.3) is 0 Å². The molecule has 0 saturated heterocycles.